The van der Waals surface area contributed by atoms with Crippen molar-refractivity contribution >= 4 is 33.2 Å². The number of nitrogens with two attached hydrogens (primary N) is 1. The third-order valence-electron chi connectivity index (χ3n) is 3.16. The summed E-state index contributed by atoms with van der Waals surface area (Å²) in [7, 11) is -3.65. The van der Waals surface area contributed by atoms with Crippen LogP contribution in [0.4, 0.5) is 11.4 Å². The van der Waals surface area contributed by atoms with E-state index in [4.69, 9.17) is 5.73 Å². The maximum absolute atomic E-state index is 12.6. The first-order valence-corrected chi connectivity index (χ1v) is 9.08. The molecule has 4 nitrogen and oxygen atoms in total. The van der Waals surface area contributed by atoms with Crippen LogP contribution in [0.2, 0.25) is 0 Å². The van der Waals surface area contributed by atoms with Crippen molar-refractivity contribution in [3.05, 3.63) is 47.5 Å². The zero-order valence-electron chi connectivity index (χ0n) is 12.2. The highest BCUT2D eigenvalue weighted by atomic mass is 32.2. The molecule has 21 heavy (non-hydrogen) atoms. The van der Waals surface area contributed by atoms with Crippen molar-refractivity contribution in [3.63, 3.8) is 0 Å². The van der Waals surface area contributed by atoms with E-state index in [1.807, 2.05) is 25.3 Å². The van der Waals surface area contributed by atoms with E-state index in [1.165, 1.54) is 0 Å². The molecule has 2 aromatic carbocycles. The second-order valence-corrected chi connectivity index (χ2v) is 7.35. The van der Waals surface area contributed by atoms with Crippen LogP contribution in [0.1, 0.15) is 11.1 Å². The lowest BCUT2D eigenvalue weighted by Crippen LogP contribution is -2.15. The number of benzene rings is 2. The molecule has 0 spiro atoms. The maximum Gasteiger partial charge on any atom is 0.262 e. The van der Waals surface area contributed by atoms with E-state index in [2.05, 4.69) is 4.72 Å². The van der Waals surface area contributed by atoms with Gasteiger partial charge in [-0.05, 0) is 61.6 Å². The molecule has 0 saturated carbocycles. The minimum absolute atomic E-state index is 0.217. The third-order valence-corrected chi connectivity index (χ3v) is 5.39. The van der Waals surface area contributed by atoms with E-state index < -0.39 is 10.0 Å². The van der Waals surface area contributed by atoms with E-state index >= 15 is 0 Å². The van der Waals surface area contributed by atoms with Gasteiger partial charge in [-0.3, -0.25) is 4.72 Å². The van der Waals surface area contributed by atoms with Gasteiger partial charge in [0.15, 0.2) is 0 Å². The van der Waals surface area contributed by atoms with E-state index in [-0.39, 0.29) is 4.90 Å². The number of nitrogen functional groups attached to an aromatic ring is 1. The molecule has 2 rings (SSSR count). The van der Waals surface area contributed by atoms with Crippen molar-refractivity contribution in [2.75, 3.05) is 16.7 Å². The van der Waals surface area contributed by atoms with Gasteiger partial charge in [-0.15, -0.1) is 11.8 Å². The van der Waals surface area contributed by atoms with E-state index in [1.54, 1.807) is 43.0 Å². The van der Waals surface area contributed by atoms with Crippen LogP contribution in [0, 0.1) is 13.8 Å². The Morgan fingerprint density at radius 1 is 1.14 bits per heavy atom. The molecule has 0 heterocycles. The zero-order chi connectivity index (χ0) is 15.6. The Balaban J connectivity index is 2.43. The van der Waals surface area contributed by atoms with Crippen LogP contribution in [-0.2, 0) is 10.0 Å². The second kappa shape index (κ2) is 5.99. The third kappa shape index (κ3) is 3.51. The Labute approximate surface area is 129 Å². The van der Waals surface area contributed by atoms with Gasteiger partial charge in [-0.2, -0.15) is 0 Å². The molecule has 0 saturated heterocycles. The van der Waals surface area contributed by atoms with E-state index in [0.717, 1.165) is 10.5 Å². The summed E-state index contributed by atoms with van der Waals surface area (Å²) in [6.07, 6.45) is 1.94. The summed E-state index contributed by atoms with van der Waals surface area (Å²) in [5.41, 5.74) is 8.26. The highest BCUT2D eigenvalue weighted by molar-refractivity contribution is 7.98. The normalized spacial score (nSPS) is 11.4. The number of hydrogen-bond acceptors (Lipinski definition) is 4. The van der Waals surface area contributed by atoms with Gasteiger partial charge in [0.05, 0.1) is 4.90 Å². The summed E-state index contributed by atoms with van der Waals surface area (Å²) in [5, 5.41) is 0. The fourth-order valence-corrected chi connectivity index (χ4v) is 3.90. The molecule has 0 atom stereocenters. The molecule has 6 heteroatoms. The van der Waals surface area contributed by atoms with Gasteiger partial charge in [0.25, 0.3) is 10.0 Å². The summed E-state index contributed by atoms with van der Waals surface area (Å²) >= 11 is 1.56. The van der Waals surface area contributed by atoms with Gasteiger partial charge < -0.3 is 5.73 Å². The molecule has 0 aliphatic carbocycles. The van der Waals surface area contributed by atoms with Crippen molar-refractivity contribution in [2.24, 2.45) is 0 Å². The Kier molecular flexibility index (Phi) is 4.49. The van der Waals surface area contributed by atoms with Gasteiger partial charge in [-0.25, -0.2) is 8.42 Å². The largest absolute Gasteiger partial charge is 0.398 e. The summed E-state index contributed by atoms with van der Waals surface area (Å²) < 4.78 is 27.7. The van der Waals surface area contributed by atoms with Crippen molar-refractivity contribution in [2.45, 2.75) is 23.6 Å². The lowest BCUT2D eigenvalue weighted by atomic mass is 10.1. The topological polar surface area (TPSA) is 72.2 Å². The maximum atomic E-state index is 12.6. The predicted molar refractivity (Wildman–Crippen MR) is 89.4 cm³/mol. The van der Waals surface area contributed by atoms with Crippen LogP contribution in [-0.4, -0.2) is 14.7 Å². The average Bonchev–Trinajstić information content (AvgIpc) is 2.42. The van der Waals surface area contributed by atoms with Gasteiger partial charge in [0.2, 0.25) is 0 Å². The van der Waals surface area contributed by atoms with Crippen molar-refractivity contribution in [1.82, 2.24) is 0 Å². The molecule has 0 amide bonds. The van der Waals surface area contributed by atoms with Crippen LogP contribution in [0.25, 0.3) is 0 Å². The van der Waals surface area contributed by atoms with Gasteiger partial charge >= 0.3 is 0 Å². The molecule has 0 radical (unpaired) electrons. The molecule has 0 aliphatic heterocycles. The zero-order valence-corrected chi connectivity index (χ0v) is 13.8. The Morgan fingerprint density at radius 3 is 2.52 bits per heavy atom. The van der Waals surface area contributed by atoms with E-state index in [0.29, 0.717) is 16.9 Å². The number of anilines is 2. The number of thioether (sulfide) groups is 1. The number of rotatable bonds is 4. The lowest BCUT2D eigenvalue weighted by molar-refractivity contribution is 0.600. The molecular weight excluding hydrogens is 304 g/mol. The average molecular weight is 322 g/mol. The fourth-order valence-electron chi connectivity index (χ4n) is 2.03. The molecular formula is C15H18N2O2S2. The first-order chi connectivity index (χ1) is 9.83. The minimum Gasteiger partial charge on any atom is -0.398 e. The first-order valence-electron chi connectivity index (χ1n) is 6.37. The summed E-state index contributed by atoms with van der Waals surface area (Å²) in [6.45, 7) is 3.53. The van der Waals surface area contributed by atoms with Crippen molar-refractivity contribution in [3.8, 4) is 0 Å². The molecule has 0 unspecified atom stereocenters. The Bertz CT molecular complexity index is 771. The smallest absolute Gasteiger partial charge is 0.262 e. The molecule has 0 aliphatic rings. The Hall–Kier alpha value is -1.66. The van der Waals surface area contributed by atoms with Crippen LogP contribution in [0.3, 0.4) is 0 Å². The van der Waals surface area contributed by atoms with Gasteiger partial charge in [0.1, 0.15) is 0 Å². The van der Waals surface area contributed by atoms with Gasteiger partial charge in [0, 0.05) is 16.3 Å². The molecule has 0 aromatic heterocycles. The second-order valence-electron chi connectivity index (χ2n) is 4.81. The predicted octanol–water partition coefficient (Wildman–Crippen LogP) is 3.41. The fraction of sp³-hybridized carbons (Fsp3) is 0.200. The SMILES string of the molecule is CSc1cccc(NS(=O)(=O)c2cc(C)cc(N)c2C)c1. The van der Waals surface area contributed by atoms with Gasteiger partial charge in [-0.1, -0.05) is 6.07 Å². The van der Waals surface area contributed by atoms with Crippen LogP contribution in [0.15, 0.2) is 46.2 Å². The minimum atomic E-state index is -3.65. The van der Waals surface area contributed by atoms with Crippen LogP contribution >= 0.6 is 11.8 Å². The van der Waals surface area contributed by atoms with Crippen LogP contribution in [0.5, 0.6) is 0 Å². The summed E-state index contributed by atoms with van der Waals surface area (Å²) in [5.74, 6) is 0. The standard InChI is InChI=1S/C15H18N2O2S2/c1-10-7-14(16)11(2)15(8-10)21(18,19)17-12-5-4-6-13(9-12)20-3/h4-9,17H,16H2,1-3H3. The quantitative estimate of drug-likeness (QED) is 0.668. The monoisotopic (exact) mass is 322 g/mol. The van der Waals surface area contributed by atoms with Crippen LogP contribution < -0.4 is 10.5 Å². The molecule has 3 N–H and O–H groups in total. The molecule has 0 bridgehead atoms. The van der Waals surface area contributed by atoms with E-state index in [9.17, 15) is 8.42 Å². The Morgan fingerprint density at radius 2 is 1.86 bits per heavy atom. The van der Waals surface area contributed by atoms with Crippen molar-refractivity contribution in [1.29, 1.82) is 0 Å². The highest BCUT2D eigenvalue weighted by Gasteiger charge is 2.19. The number of aryl methyl sites for hydroxylation is 1. The lowest BCUT2D eigenvalue weighted by Gasteiger charge is -2.13. The number of hydrogen-bond donors (Lipinski definition) is 2. The number of nitrogens with one attached hydrogen (secondary N) is 1. The molecule has 2 aromatic rings. The summed E-state index contributed by atoms with van der Waals surface area (Å²) in [4.78, 5) is 1.21. The van der Waals surface area contributed by atoms with Crippen molar-refractivity contribution < 1.29 is 8.42 Å². The molecule has 112 valence electrons. The first kappa shape index (κ1) is 15.7. The summed E-state index contributed by atoms with van der Waals surface area (Å²) in [6, 6.07) is 10.7. The number of sulfonamides is 1. The highest BCUT2D eigenvalue weighted by Crippen LogP contribution is 2.26. The molecule has 0 fully saturated rings.